The van der Waals surface area contributed by atoms with Crippen LogP contribution in [0.15, 0.2) is 18.2 Å². The summed E-state index contributed by atoms with van der Waals surface area (Å²) in [6.07, 6.45) is 1.63. The molecule has 4 N–H and O–H groups in total. The van der Waals surface area contributed by atoms with E-state index in [1.165, 1.54) is 19.1 Å². The number of hydrogen-bond donors (Lipinski definition) is 4. The maximum Gasteiger partial charge on any atom is 0.399 e. The topological polar surface area (TPSA) is 116 Å². The number of hydrogen-bond acceptors (Lipinski definition) is 6. The Hall–Kier alpha value is -1.35. The van der Waals surface area contributed by atoms with E-state index in [0.29, 0.717) is 6.54 Å². The van der Waals surface area contributed by atoms with Crippen molar-refractivity contribution < 1.29 is 27.4 Å². The van der Waals surface area contributed by atoms with E-state index in [0.717, 1.165) is 18.9 Å². The average molecular weight is 305 g/mol. The summed E-state index contributed by atoms with van der Waals surface area (Å²) >= 11 is 0. The van der Waals surface area contributed by atoms with E-state index in [1.807, 2.05) is 6.92 Å². The Morgan fingerprint density at radius 3 is 2.25 bits per heavy atom. The molecule has 0 aromatic heterocycles. The number of rotatable bonds is 7. The van der Waals surface area contributed by atoms with Crippen molar-refractivity contribution in [2.24, 2.45) is 0 Å². The Kier molecular flexibility index (Phi) is 5.35. The standard InChI is InChI=1S/C12H19NO6S/c1-3-4-5-13-12(2,19-20(16,17)18)9-6-10(14)8-11(15)7-9/h6-8,13-15H,3-5H2,1-2H3,(H,16,17,18). The lowest BCUT2D eigenvalue weighted by Gasteiger charge is -2.29. The molecule has 1 atom stereocenters. The van der Waals surface area contributed by atoms with Gasteiger partial charge in [-0.3, -0.25) is 9.87 Å². The van der Waals surface area contributed by atoms with Gasteiger partial charge in [0.2, 0.25) is 0 Å². The van der Waals surface area contributed by atoms with Crippen molar-refractivity contribution in [3.63, 3.8) is 0 Å². The fraction of sp³-hybridized carbons (Fsp3) is 0.500. The molecule has 0 heterocycles. The Morgan fingerprint density at radius 1 is 1.25 bits per heavy atom. The molecule has 0 aliphatic rings. The van der Waals surface area contributed by atoms with Gasteiger partial charge in [-0.25, -0.2) is 4.18 Å². The Balaban J connectivity index is 3.14. The molecule has 1 aromatic carbocycles. The molecular weight excluding hydrogens is 286 g/mol. The van der Waals surface area contributed by atoms with Gasteiger partial charge in [-0.05, 0) is 32.0 Å². The van der Waals surface area contributed by atoms with Crippen LogP contribution < -0.4 is 5.32 Å². The molecule has 114 valence electrons. The van der Waals surface area contributed by atoms with E-state index >= 15 is 0 Å². The van der Waals surface area contributed by atoms with Gasteiger partial charge in [0, 0.05) is 11.6 Å². The number of benzene rings is 1. The number of phenols is 2. The first-order chi connectivity index (χ1) is 9.16. The molecule has 0 saturated heterocycles. The fourth-order valence-electron chi connectivity index (χ4n) is 1.76. The van der Waals surface area contributed by atoms with E-state index in [1.54, 1.807) is 0 Å². The third-order valence-corrected chi connectivity index (χ3v) is 3.26. The van der Waals surface area contributed by atoms with E-state index in [9.17, 15) is 18.6 Å². The van der Waals surface area contributed by atoms with Crippen molar-refractivity contribution in [2.45, 2.75) is 32.4 Å². The molecule has 0 amide bonds. The van der Waals surface area contributed by atoms with Crippen molar-refractivity contribution in [1.82, 2.24) is 5.32 Å². The van der Waals surface area contributed by atoms with E-state index in [-0.39, 0.29) is 17.1 Å². The molecule has 0 aliphatic carbocycles. The van der Waals surface area contributed by atoms with Gasteiger partial charge in [-0.1, -0.05) is 13.3 Å². The molecular formula is C12H19NO6S. The van der Waals surface area contributed by atoms with E-state index in [2.05, 4.69) is 9.50 Å². The SMILES string of the molecule is CCCCNC(C)(OS(=O)(=O)O)c1cc(O)cc(O)c1. The number of unbranched alkanes of at least 4 members (excludes halogenated alkanes) is 1. The predicted molar refractivity (Wildman–Crippen MR) is 72.7 cm³/mol. The second-order valence-electron chi connectivity index (χ2n) is 4.56. The van der Waals surface area contributed by atoms with Crippen molar-refractivity contribution in [1.29, 1.82) is 0 Å². The van der Waals surface area contributed by atoms with Crippen LogP contribution in [0, 0.1) is 0 Å². The number of nitrogens with one attached hydrogen (secondary N) is 1. The van der Waals surface area contributed by atoms with Crippen LogP contribution in [0.4, 0.5) is 0 Å². The first-order valence-corrected chi connectivity index (χ1v) is 7.49. The van der Waals surface area contributed by atoms with Gasteiger partial charge in [-0.2, -0.15) is 8.42 Å². The van der Waals surface area contributed by atoms with Gasteiger partial charge < -0.3 is 10.2 Å². The van der Waals surface area contributed by atoms with Crippen LogP contribution in [0.1, 0.15) is 32.3 Å². The van der Waals surface area contributed by atoms with Gasteiger partial charge in [0.15, 0.2) is 5.72 Å². The highest BCUT2D eigenvalue weighted by molar-refractivity contribution is 7.80. The molecule has 8 heteroatoms. The highest BCUT2D eigenvalue weighted by atomic mass is 32.3. The van der Waals surface area contributed by atoms with Crippen LogP contribution in [0.2, 0.25) is 0 Å². The molecule has 0 bridgehead atoms. The molecule has 7 nitrogen and oxygen atoms in total. The lowest BCUT2D eigenvalue weighted by atomic mass is 10.0. The smallest absolute Gasteiger partial charge is 0.399 e. The predicted octanol–water partition coefficient (Wildman–Crippen LogP) is 1.48. The summed E-state index contributed by atoms with van der Waals surface area (Å²) in [4.78, 5) is 0. The summed E-state index contributed by atoms with van der Waals surface area (Å²) in [6.45, 7) is 3.77. The van der Waals surface area contributed by atoms with Crippen LogP contribution >= 0.6 is 0 Å². The lowest BCUT2D eigenvalue weighted by Crippen LogP contribution is -2.44. The van der Waals surface area contributed by atoms with Crippen LogP contribution in [-0.4, -0.2) is 29.7 Å². The van der Waals surface area contributed by atoms with Gasteiger partial charge in [0.25, 0.3) is 0 Å². The third kappa shape index (κ3) is 4.97. The molecule has 0 aliphatic heterocycles. The van der Waals surface area contributed by atoms with Crippen LogP contribution in [0.3, 0.4) is 0 Å². The molecule has 1 aromatic rings. The third-order valence-electron chi connectivity index (χ3n) is 2.72. The molecule has 1 rings (SSSR count). The van der Waals surface area contributed by atoms with Crippen LogP contribution in [0.5, 0.6) is 11.5 Å². The minimum atomic E-state index is -4.72. The summed E-state index contributed by atoms with van der Waals surface area (Å²) < 4.78 is 35.5. The van der Waals surface area contributed by atoms with Crippen LogP contribution in [-0.2, 0) is 20.3 Å². The molecule has 0 spiro atoms. The normalized spacial score (nSPS) is 14.9. The zero-order valence-corrected chi connectivity index (χ0v) is 12.1. The van der Waals surface area contributed by atoms with Crippen molar-refractivity contribution in [3.05, 3.63) is 23.8 Å². The van der Waals surface area contributed by atoms with Gasteiger partial charge in [-0.15, -0.1) is 0 Å². The minimum Gasteiger partial charge on any atom is -0.508 e. The summed E-state index contributed by atoms with van der Waals surface area (Å²) in [5.74, 6) is -0.495. The highest BCUT2D eigenvalue weighted by Crippen LogP contribution is 2.30. The summed E-state index contributed by atoms with van der Waals surface area (Å²) in [5, 5.41) is 21.8. The zero-order chi connectivity index (χ0) is 15.4. The van der Waals surface area contributed by atoms with Crippen molar-refractivity contribution in [2.75, 3.05) is 6.54 Å². The number of phenolic OH excluding ortho intramolecular Hbond substituents is 2. The second kappa shape index (κ2) is 6.40. The monoisotopic (exact) mass is 305 g/mol. The minimum absolute atomic E-state index is 0.170. The Bertz CT molecular complexity index is 539. The quantitative estimate of drug-likeness (QED) is 0.342. The van der Waals surface area contributed by atoms with Crippen LogP contribution in [0.25, 0.3) is 0 Å². The summed E-state index contributed by atoms with van der Waals surface area (Å²) in [7, 11) is -4.72. The van der Waals surface area contributed by atoms with Gasteiger partial charge in [0.05, 0.1) is 0 Å². The van der Waals surface area contributed by atoms with E-state index in [4.69, 9.17) is 4.55 Å². The highest BCUT2D eigenvalue weighted by Gasteiger charge is 2.33. The van der Waals surface area contributed by atoms with Gasteiger partial charge in [0.1, 0.15) is 11.5 Å². The maximum absolute atomic E-state index is 11.0. The van der Waals surface area contributed by atoms with E-state index < -0.39 is 16.1 Å². The first kappa shape index (κ1) is 16.7. The molecule has 0 fully saturated rings. The summed E-state index contributed by atoms with van der Waals surface area (Å²) in [5.41, 5.74) is -1.43. The Morgan fingerprint density at radius 2 is 1.80 bits per heavy atom. The molecule has 0 radical (unpaired) electrons. The van der Waals surface area contributed by atoms with Crippen molar-refractivity contribution >= 4 is 10.4 Å². The largest absolute Gasteiger partial charge is 0.508 e. The number of aromatic hydroxyl groups is 2. The Labute approximate surface area is 118 Å². The first-order valence-electron chi connectivity index (χ1n) is 6.13. The van der Waals surface area contributed by atoms with Crippen molar-refractivity contribution in [3.8, 4) is 11.5 Å². The summed E-state index contributed by atoms with van der Waals surface area (Å²) in [6, 6.07) is 3.58. The molecule has 0 saturated carbocycles. The maximum atomic E-state index is 11.0. The molecule has 1 unspecified atom stereocenters. The lowest BCUT2D eigenvalue weighted by molar-refractivity contribution is 0.0423. The zero-order valence-electron chi connectivity index (χ0n) is 11.3. The average Bonchev–Trinajstić information content (AvgIpc) is 2.25. The second-order valence-corrected chi connectivity index (χ2v) is 5.58. The fourth-order valence-corrected chi connectivity index (χ4v) is 2.34. The molecule has 20 heavy (non-hydrogen) atoms. The van der Waals surface area contributed by atoms with Gasteiger partial charge >= 0.3 is 10.4 Å².